The number of rotatable bonds is 11. The maximum absolute atomic E-state index is 13.8. The van der Waals surface area contributed by atoms with Gasteiger partial charge in [-0.25, -0.2) is 4.99 Å². The van der Waals surface area contributed by atoms with E-state index in [-0.39, 0.29) is 5.91 Å². The second-order valence-corrected chi connectivity index (χ2v) is 10.3. The van der Waals surface area contributed by atoms with Crippen LogP contribution in [0.15, 0.2) is 77.8 Å². The molecule has 0 saturated carbocycles. The zero-order valence-corrected chi connectivity index (χ0v) is 22.9. The molecule has 38 heavy (non-hydrogen) atoms. The fourth-order valence-corrected chi connectivity index (χ4v) is 5.18. The summed E-state index contributed by atoms with van der Waals surface area (Å²) < 4.78 is 5.75. The third-order valence-corrected chi connectivity index (χ3v) is 7.63. The number of hydrogen-bond acceptors (Lipinski definition) is 4. The maximum Gasteiger partial charge on any atom is 0.235 e. The lowest BCUT2D eigenvalue weighted by Gasteiger charge is -2.32. The van der Waals surface area contributed by atoms with Crippen molar-refractivity contribution in [2.75, 3.05) is 26.8 Å². The predicted molar refractivity (Wildman–Crippen MR) is 154 cm³/mol. The predicted octanol–water partition coefficient (Wildman–Crippen LogP) is 5.40. The first-order chi connectivity index (χ1) is 18.4. The number of unbranched alkanes of at least 4 members (excludes halogenated alkanes) is 2. The molecule has 202 valence electrons. The Balaban J connectivity index is 1.47. The normalized spacial score (nSPS) is 22.4. The lowest BCUT2D eigenvalue weighted by atomic mass is 9.74. The van der Waals surface area contributed by atoms with Crippen LogP contribution in [0.4, 0.5) is 5.69 Å². The van der Waals surface area contributed by atoms with Crippen LogP contribution in [0.3, 0.4) is 0 Å². The number of ether oxygens (including phenoxy) is 1. The van der Waals surface area contributed by atoms with E-state index in [0.29, 0.717) is 19.4 Å². The van der Waals surface area contributed by atoms with E-state index in [1.54, 1.807) is 0 Å². The SMILES string of the molecule is CCCCCOCCN(C)C(C)=Nc1ccc2c(c1)[C@@H](NC(=O)C1(c3ccccc3)C=CC=CC1)[C@H](O)C2. The lowest BCUT2D eigenvalue weighted by Crippen LogP contribution is -2.46. The van der Waals surface area contributed by atoms with Crippen molar-refractivity contribution in [2.24, 2.45) is 4.99 Å². The summed E-state index contributed by atoms with van der Waals surface area (Å²) in [4.78, 5) is 20.7. The Morgan fingerprint density at radius 2 is 1.97 bits per heavy atom. The molecule has 6 heteroatoms. The molecule has 0 aromatic heterocycles. The van der Waals surface area contributed by atoms with Gasteiger partial charge in [0.05, 0.1) is 29.9 Å². The highest BCUT2D eigenvalue weighted by atomic mass is 16.5. The Kier molecular flexibility index (Phi) is 9.53. The van der Waals surface area contributed by atoms with Crippen molar-refractivity contribution in [1.29, 1.82) is 0 Å². The third-order valence-electron chi connectivity index (χ3n) is 7.63. The molecule has 4 rings (SSSR count). The van der Waals surface area contributed by atoms with Crippen molar-refractivity contribution < 1.29 is 14.6 Å². The molecule has 2 aromatic rings. The minimum absolute atomic E-state index is 0.107. The van der Waals surface area contributed by atoms with Gasteiger partial charge in [0.2, 0.25) is 5.91 Å². The van der Waals surface area contributed by atoms with E-state index < -0.39 is 17.6 Å². The summed E-state index contributed by atoms with van der Waals surface area (Å²) in [6.07, 6.45) is 11.8. The third kappa shape index (κ3) is 6.43. The summed E-state index contributed by atoms with van der Waals surface area (Å²) in [6.45, 7) is 6.43. The van der Waals surface area contributed by atoms with Gasteiger partial charge in [-0.2, -0.15) is 0 Å². The molecule has 1 unspecified atom stereocenters. The molecule has 6 nitrogen and oxygen atoms in total. The van der Waals surface area contributed by atoms with E-state index >= 15 is 0 Å². The quantitative estimate of drug-likeness (QED) is 0.239. The van der Waals surface area contributed by atoms with Crippen LogP contribution in [-0.2, 0) is 21.4 Å². The van der Waals surface area contributed by atoms with Crippen LogP contribution in [0.5, 0.6) is 0 Å². The molecule has 2 aliphatic carbocycles. The molecule has 0 spiro atoms. The smallest absolute Gasteiger partial charge is 0.235 e. The van der Waals surface area contributed by atoms with Crippen molar-refractivity contribution in [2.45, 2.75) is 63.5 Å². The summed E-state index contributed by atoms with van der Waals surface area (Å²) >= 11 is 0. The average molecular weight is 516 g/mol. The topological polar surface area (TPSA) is 74.2 Å². The van der Waals surface area contributed by atoms with Crippen molar-refractivity contribution >= 4 is 17.4 Å². The second kappa shape index (κ2) is 13.0. The highest BCUT2D eigenvalue weighted by Crippen LogP contribution is 2.38. The van der Waals surface area contributed by atoms with Crippen LogP contribution >= 0.6 is 0 Å². The molecule has 2 aromatic carbocycles. The van der Waals surface area contributed by atoms with Gasteiger partial charge in [0.1, 0.15) is 5.84 Å². The van der Waals surface area contributed by atoms with Crippen molar-refractivity contribution in [1.82, 2.24) is 10.2 Å². The average Bonchev–Trinajstić information content (AvgIpc) is 3.25. The number of amides is 1. The number of aliphatic imine (C=N–C) groups is 1. The van der Waals surface area contributed by atoms with Crippen LogP contribution in [0.25, 0.3) is 0 Å². The van der Waals surface area contributed by atoms with Gasteiger partial charge in [-0.1, -0.05) is 80.5 Å². The van der Waals surface area contributed by atoms with Crippen molar-refractivity contribution in [3.05, 3.63) is 89.5 Å². The van der Waals surface area contributed by atoms with Gasteiger partial charge in [-0.3, -0.25) is 4.79 Å². The van der Waals surface area contributed by atoms with E-state index in [1.807, 2.05) is 86.8 Å². The molecule has 0 fully saturated rings. The number of nitrogens with zero attached hydrogens (tertiary/aromatic N) is 2. The lowest BCUT2D eigenvalue weighted by molar-refractivity contribution is -0.126. The Bertz CT molecular complexity index is 1170. The molecule has 3 atom stereocenters. The van der Waals surface area contributed by atoms with Crippen LogP contribution in [0, 0.1) is 0 Å². The molecule has 0 bridgehead atoms. The molecular weight excluding hydrogens is 474 g/mol. The maximum atomic E-state index is 13.8. The number of likely N-dealkylation sites (N-methyl/N-ethyl adjacent to an activating group) is 1. The largest absolute Gasteiger partial charge is 0.390 e. The zero-order valence-electron chi connectivity index (χ0n) is 22.9. The molecule has 2 aliphatic rings. The Labute approximate surface area is 227 Å². The van der Waals surface area contributed by atoms with Crippen LogP contribution < -0.4 is 5.32 Å². The summed E-state index contributed by atoms with van der Waals surface area (Å²) in [5.41, 5.74) is 2.92. The highest BCUT2D eigenvalue weighted by molar-refractivity contribution is 5.91. The molecule has 1 amide bonds. The van der Waals surface area contributed by atoms with E-state index in [2.05, 4.69) is 17.1 Å². The molecule has 0 radical (unpaired) electrons. The molecule has 0 saturated heterocycles. The number of carbonyl (C=O) groups is 1. The monoisotopic (exact) mass is 515 g/mol. The molecular formula is C32H41N3O3. The molecule has 0 heterocycles. The Morgan fingerprint density at radius 1 is 1.16 bits per heavy atom. The van der Waals surface area contributed by atoms with Gasteiger partial charge in [-0.15, -0.1) is 0 Å². The summed E-state index contributed by atoms with van der Waals surface area (Å²) in [7, 11) is 2.02. The number of allylic oxidation sites excluding steroid dienone is 3. The minimum atomic E-state index is -0.799. The fourth-order valence-electron chi connectivity index (χ4n) is 5.18. The zero-order chi connectivity index (χ0) is 27.0. The number of amidine groups is 1. The van der Waals surface area contributed by atoms with E-state index in [9.17, 15) is 9.90 Å². The summed E-state index contributed by atoms with van der Waals surface area (Å²) in [5, 5.41) is 14.1. The van der Waals surface area contributed by atoms with E-state index in [0.717, 1.165) is 47.8 Å². The van der Waals surface area contributed by atoms with E-state index in [4.69, 9.17) is 9.73 Å². The van der Waals surface area contributed by atoms with Crippen LogP contribution in [0.1, 0.15) is 62.3 Å². The standard InChI is InChI=1S/C32H41N3O3/c1-4-5-12-20-38-21-19-35(3)24(2)33-27-16-15-25-22-29(36)30(28(25)23-27)34-31(37)32(17-10-7-11-18-32)26-13-8-6-9-14-26/h6-11,13-17,23,29-30,36H,4-5,12,18-22H2,1-3H3,(H,34,37)/t29-,30-,32?/m1/s1. The van der Waals surface area contributed by atoms with Gasteiger partial charge in [-0.05, 0) is 48.6 Å². The number of benzene rings is 2. The summed E-state index contributed by atoms with van der Waals surface area (Å²) in [6, 6.07) is 15.4. The second-order valence-electron chi connectivity index (χ2n) is 10.3. The number of aliphatic hydroxyl groups excluding tert-OH is 1. The summed E-state index contributed by atoms with van der Waals surface area (Å²) in [5.74, 6) is 0.786. The number of hydrogen-bond donors (Lipinski definition) is 2. The van der Waals surface area contributed by atoms with Gasteiger partial charge in [0.25, 0.3) is 0 Å². The number of nitrogens with one attached hydrogen (secondary N) is 1. The fraction of sp³-hybridized carbons (Fsp3) is 0.438. The van der Waals surface area contributed by atoms with Crippen molar-refractivity contribution in [3.8, 4) is 0 Å². The first-order valence-electron chi connectivity index (χ1n) is 13.8. The molecule has 0 aliphatic heterocycles. The van der Waals surface area contributed by atoms with E-state index in [1.165, 1.54) is 12.8 Å². The Hall–Kier alpha value is -3.22. The van der Waals surface area contributed by atoms with Gasteiger partial charge >= 0.3 is 0 Å². The van der Waals surface area contributed by atoms with Gasteiger partial charge in [0, 0.05) is 26.6 Å². The van der Waals surface area contributed by atoms with Gasteiger partial charge < -0.3 is 20.1 Å². The highest BCUT2D eigenvalue weighted by Gasteiger charge is 2.41. The molecule has 2 N–H and O–H groups in total. The van der Waals surface area contributed by atoms with Crippen LogP contribution in [0.2, 0.25) is 0 Å². The number of carbonyl (C=O) groups excluding carboxylic acids is 1. The van der Waals surface area contributed by atoms with Crippen LogP contribution in [-0.4, -0.2) is 54.7 Å². The number of aliphatic hydroxyl groups is 1. The van der Waals surface area contributed by atoms with Crippen molar-refractivity contribution in [3.63, 3.8) is 0 Å². The van der Waals surface area contributed by atoms with Gasteiger partial charge in [0.15, 0.2) is 0 Å². The first-order valence-corrected chi connectivity index (χ1v) is 13.8. The first kappa shape index (κ1) is 27.8. The minimum Gasteiger partial charge on any atom is -0.390 e. The number of fused-ring (bicyclic) bond motifs is 1. The Morgan fingerprint density at radius 3 is 2.71 bits per heavy atom.